The van der Waals surface area contributed by atoms with E-state index in [-0.39, 0.29) is 5.75 Å². The van der Waals surface area contributed by atoms with Crippen LogP contribution in [-0.2, 0) is 9.78 Å². The molecule has 1 rings (SSSR count). The normalized spacial score (nSPS) is 9.62. The standard InChI is InChI=1S/C9H10O4/c1-2-12-13-9(11)7-3-5-8(10)6-4-7/h3-6,10H,2H2,1H3. The van der Waals surface area contributed by atoms with E-state index in [1.807, 2.05) is 0 Å². The van der Waals surface area contributed by atoms with Gasteiger partial charge in [0.2, 0.25) is 0 Å². The maximum absolute atomic E-state index is 11.1. The summed E-state index contributed by atoms with van der Waals surface area (Å²) in [6.07, 6.45) is 0. The van der Waals surface area contributed by atoms with E-state index in [1.54, 1.807) is 6.92 Å². The minimum atomic E-state index is -0.568. The molecule has 0 radical (unpaired) electrons. The molecule has 0 amide bonds. The molecule has 70 valence electrons. The van der Waals surface area contributed by atoms with E-state index in [4.69, 9.17) is 5.11 Å². The lowest BCUT2D eigenvalue weighted by Gasteiger charge is -2.00. The van der Waals surface area contributed by atoms with Crippen LogP contribution < -0.4 is 0 Å². The zero-order valence-corrected chi connectivity index (χ0v) is 7.19. The summed E-state index contributed by atoms with van der Waals surface area (Å²) in [5.74, 6) is -0.463. The molecular formula is C9H10O4. The topological polar surface area (TPSA) is 55.8 Å². The Morgan fingerprint density at radius 3 is 2.54 bits per heavy atom. The Morgan fingerprint density at radius 1 is 1.38 bits per heavy atom. The van der Waals surface area contributed by atoms with Gasteiger partial charge >= 0.3 is 5.97 Å². The number of hydrogen-bond donors (Lipinski definition) is 1. The van der Waals surface area contributed by atoms with Gasteiger partial charge in [-0.2, -0.15) is 4.89 Å². The molecule has 13 heavy (non-hydrogen) atoms. The summed E-state index contributed by atoms with van der Waals surface area (Å²) < 4.78 is 0. The van der Waals surface area contributed by atoms with Crippen molar-refractivity contribution in [3.63, 3.8) is 0 Å². The summed E-state index contributed by atoms with van der Waals surface area (Å²) >= 11 is 0. The van der Waals surface area contributed by atoms with Crippen LogP contribution in [0.15, 0.2) is 24.3 Å². The quantitative estimate of drug-likeness (QED) is 0.568. The first-order valence-electron chi connectivity index (χ1n) is 3.87. The average Bonchev–Trinajstić information content (AvgIpc) is 2.15. The van der Waals surface area contributed by atoms with Gasteiger partial charge in [-0.25, -0.2) is 4.79 Å². The van der Waals surface area contributed by atoms with Crippen LogP contribution in [0.4, 0.5) is 0 Å². The van der Waals surface area contributed by atoms with Gasteiger partial charge in [0.1, 0.15) is 5.75 Å². The molecule has 0 saturated carbocycles. The number of hydrogen-bond acceptors (Lipinski definition) is 4. The largest absolute Gasteiger partial charge is 0.508 e. The van der Waals surface area contributed by atoms with Crippen molar-refractivity contribution in [2.45, 2.75) is 6.92 Å². The third-order valence-corrected chi connectivity index (χ3v) is 1.36. The Hall–Kier alpha value is -1.55. The van der Waals surface area contributed by atoms with Gasteiger partial charge in [-0.15, -0.1) is 0 Å². The SMILES string of the molecule is CCOOC(=O)c1ccc(O)cc1. The lowest BCUT2D eigenvalue weighted by Crippen LogP contribution is -2.05. The van der Waals surface area contributed by atoms with Crippen molar-refractivity contribution in [3.05, 3.63) is 29.8 Å². The van der Waals surface area contributed by atoms with E-state index in [0.29, 0.717) is 12.2 Å². The van der Waals surface area contributed by atoms with Gasteiger partial charge in [0.25, 0.3) is 0 Å². The maximum Gasteiger partial charge on any atom is 0.373 e. The van der Waals surface area contributed by atoms with Gasteiger partial charge in [-0.3, -0.25) is 4.89 Å². The number of phenols is 1. The average molecular weight is 182 g/mol. The number of phenolic OH excluding ortho intramolecular Hbond substituents is 1. The third-order valence-electron chi connectivity index (χ3n) is 1.36. The van der Waals surface area contributed by atoms with E-state index in [2.05, 4.69) is 9.78 Å². The van der Waals surface area contributed by atoms with Crippen LogP contribution in [0.25, 0.3) is 0 Å². The summed E-state index contributed by atoms with van der Waals surface area (Å²) in [6.45, 7) is 2.02. The van der Waals surface area contributed by atoms with E-state index in [1.165, 1.54) is 24.3 Å². The second-order valence-corrected chi connectivity index (χ2v) is 2.32. The predicted octanol–water partition coefficient (Wildman–Crippen LogP) is 1.50. The third kappa shape index (κ3) is 2.76. The van der Waals surface area contributed by atoms with Crippen molar-refractivity contribution in [1.29, 1.82) is 0 Å². The number of carbonyl (C=O) groups excluding carboxylic acids is 1. The summed E-state index contributed by atoms with van der Waals surface area (Å²) in [7, 11) is 0. The molecular weight excluding hydrogens is 172 g/mol. The first kappa shape index (κ1) is 9.54. The van der Waals surface area contributed by atoms with Crippen LogP contribution >= 0.6 is 0 Å². The van der Waals surface area contributed by atoms with Crippen LogP contribution in [0, 0.1) is 0 Å². The molecule has 4 nitrogen and oxygen atoms in total. The second kappa shape index (κ2) is 4.47. The lowest BCUT2D eigenvalue weighted by atomic mass is 10.2. The smallest absolute Gasteiger partial charge is 0.373 e. The zero-order chi connectivity index (χ0) is 9.68. The highest BCUT2D eigenvalue weighted by Crippen LogP contribution is 2.10. The molecule has 1 N–H and O–H groups in total. The fourth-order valence-corrected chi connectivity index (χ4v) is 0.758. The fraction of sp³-hybridized carbons (Fsp3) is 0.222. The lowest BCUT2D eigenvalue weighted by molar-refractivity contribution is -0.236. The summed E-state index contributed by atoms with van der Waals surface area (Å²) in [5.41, 5.74) is 0.339. The molecule has 0 spiro atoms. The van der Waals surface area contributed by atoms with Crippen LogP contribution in [0.2, 0.25) is 0 Å². The van der Waals surface area contributed by atoms with Crippen molar-refractivity contribution in [2.75, 3.05) is 6.61 Å². The molecule has 1 aromatic rings. The van der Waals surface area contributed by atoms with Crippen molar-refractivity contribution in [3.8, 4) is 5.75 Å². The van der Waals surface area contributed by atoms with Crippen molar-refractivity contribution >= 4 is 5.97 Å². The van der Waals surface area contributed by atoms with Crippen LogP contribution in [0.5, 0.6) is 5.75 Å². The Labute approximate surface area is 75.6 Å². The second-order valence-electron chi connectivity index (χ2n) is 2.32. The summed E-state index contributed by atoms with van der Waals surface area (Å²) in [4.78, 5) is 20.0. The van der Waals surface area contributed by atoms with Crippen LogP contribution in [-0.4, -0.2) is 17.7 Å². The molecule has 4 heteroatoms. The highest BCUT2D eigenvalue weighted by molar-refractivity contribution is 5.89. The highest BCUT2D eigenvalue weighted by Gasteiger charge is 2.06. The van der Waals surface area contributed by atoms with Crippen LogP contribution in [0.3, 0.4) is 0 Å². The Morgan fingerprint density at radius 2 is 2.00 bits per heavy atom. The molecule has 0 fully saturated rings. The summed E-state index contributed by atoms with van der Waals surface area (Å²) in [5, 5.41) is 8.93. The molecule has 1 aromatic carbocycles. The molecule has 0 aliphatic rings. The van der Waals surface area contributed by atoms with Crippen molar-refractivity contribution in [1.82, 2.24) is 0 Å². The number of rotatable bonds is 3. The van der Waals surface area contributed by atoms with Gasteiger partial charge < -0.3 is 5.11 Å². The van der Waals surface area contributed by atoms with E-state index in [0.717, 1.165) is 0 Å². The molecule has 0 heterocycles. The van der Waals surface area contributed by atoms with Crippen molar-refractivity contribution in [2.24, 2.45) is 0 Å². The predicted molar refractivity (Wildman–Crippen MR) is 45.1 cm³/mol. The Balaban J connectivity index is 2.61. The Bertz CT molecular complexity index is 278. The van der Waals surface area contributed by atoms with Gasteiger partial charge in [0.05, 0.1) is 12.2 Å². The Kier molecular flexibility index (Phi) is 3.28. The molecule has 0 bridgehead atoms. The fourth-order valence-electron chi connectivity index (χ4n) is 0.758. The monoisotopic (exact) mass is 182 g/mol. The van der Waals surface area contributed by atoms with Gasteiger partial charge in [0, 0.05) is 0 Å². The number of carbonyl (C=O) groups is 1. The number of aromatic hydroxyl groups is 1. The minimum absolute atomic E-state index is 0.105. The number of benzene rings is 1. The molecule has 0 unspecified atom stereocenters. The van der Waals surface area contributed by atoms with Gasteiger partial charge in [-0.1, -0.05) is 0 Å². The van der Waals surface area contributed by atoms with Crippen molar-refractivity contribution < 1.29 is 19.7 Å². The highest BCUT2D eigenvalue weighted by atomic mass is 17.2. The first-order chi connectivity index (χ1) is 6.24. The van der Waals surface area contributed by atoms with Crippen LogP contribution in [0.1, 0.15) is 17.3 Å². The minimum Gasteiger partial charge on any atom is -0.508 e. The van der Waals surface area contributed by atoms with Gasteiger partial charge in [0.15, 0.2) is 0 Å². The first-order valence-corrected chi connectivity index (χ1v) is 3.87. The van der Waals surface area contributed by atoms with E-state index in [9.17, 15) is 4.79 Å². The molecule has 0 aromatic heterocycles. The molecule has 0 atom stereocenters. The molecule has 0 aliphatic heterocycles. The summed E-state index contributed by atoms with van der Waals surface area (Å²) in [6, 6.07) is 5.72. The van der Waals surface area contributed by atoms with Gasteiger partial charge in [-0.05, 0) is 31.2 Å². The van der Waals surface area contributed by atoms with E-state index >= 15 is 0 Å². The van der Waals surface area contributed by atoms with E-state index < -0.39 is 5.97 Å². The molecule has 0 saturated heterocycles. The maximum atomic E-state index is 11.1. The molecule has 0 aliphatic carbocycles. The zero-order valence-electron chi connectivity index (χ0n) is 7.19.